The largest absolute Gasteiger partial charge is 0.460 e. The van der Waals surface area contributed by atoms with Crippen LogP contribution in [0.2, 0.25) is 0 Å². The maximum atomic E-state index is 13.6. The third-order valence-electron chi connectivity index (χ3n) is 7.61. The molecule has 4 atom stereocenters. The van der Waals surface area contributed by atoms with Gasteiger partial charge in [0.1, 0.15) is 25.2 Å². The van der Waals surface area contributed by atoms with Gasteiger partial charge in [0.25, 0.3) is 5.91 Å². The number of aliphatic hydroxyl groups excluding tert-OH is 1. The molecule has 1 saturated carbocycles. The van der Waals surface area contributed by atoms with E-state index in [4.69, 9.17) is 12.6 Å². The lowest BCUT2D eigenvalue weighted by Gasteiger charge is -2.32. The minimum absolute atomic E-state index is 0.0375. The van der Waals surface area contributed by atoms with Crippen molar-refractivity contribution in [1.82, 2.24) is 21.3 Å². The Morgan fingerprint density at radius 1 is 0.864 bits per heavy atom. The smallest absolute Gasteiger partial charge is 0.325 e. The molecule has 0 aromatic heterocycles. The van der Waals surface area contributed by atoms with Crippen molar-refractivity contribution in [2.75, 3.05) is 6.54 Å². The molecule has 1 fully saturated rings. The average molecular weight is 605 g/mol. The first-order chi connectivity index (χ1) is 21.2. The van der Waals surface area contributed by atoms with Crippen LogP contribution < -0.4 is 21.3 Å². The molecule has 2 aromatic rings. The van der Waals surface area contributed by atoms with Crippen LogP contribution in [-0.2, 0) is 30.5 Å². The Kier molecular flexibility index (Phi) is 13.9. The van der Waals surface area contributed by atoms with Crippen LogP contribution in [0.15, 0.2) is 60.7 Å². The number of aliphatic hydroxyl groups is 1. The molecule has 0 spiro atoms. The molecule has 2 radical (unpaired) electrons. The van der Waals surface area contributed by atoms with E-state index in [0.717, 1.165) is 37.7 Å². The molecule has 2 aromatic carbocycles. The summed E-state index contributed by atoms with van der Waals surface area (Å²) in [4.78, 5) is 63.8. The van der Waals surface area contributed by atoms with E-state index < -0.39 is 60.3 Å². The van der Waals surface area contributed by atoms with Gasteiger partial charge in [0, 0.05) is 0 Å². The number of ether oxygens (including phenoxy) is 1. The second-order valence-electron chi connectivity index (χ2n) is 10.9. The fraction of sp³-hybridized carbons (Fsp3) is 0.469. The summed E-state index contributed by atoms with van der Waals surface area (Å²) in [6.07, 6.45) is 3.42. The first-order valence-corrected chi connectivity index (χ1v) is 15.1. The predicted molar refractivity (Wildman–Crippen MR) is 164 cm³/mol. The summed E-state index contributed by atoms with van der Waals surface area (Å²) in [5, 5.41) is 21.2. The molecule has 44 heavy (non-hydrogen) atoms. The molecule has 1 aliphatic carbocycles. The van der Waals surface area contributed by atoms with E-state index in [0.29, 0.717) is 12.0 Å². The topological polar surface area (TPSA) is 163 Å². The molecule has 0 aliphatic heterocycles. The summed E-state index contributed by atoms with van der Waals surface area (Å²) >= 11 is 0. The molecule has 234 valence electrons. The highest BCUT2D eigenvalue weighted by atomic mass is 16.5. The van der Waals surface area contributed by atoms with Gasteiger partial charge in [0.15, 0.2) is 11.9 Å². The zero-order chi connectivity index (χ0) is 31.9. The van der Waals surface area contributed by atoms with Gasteiger partial charge in [-0.3, -0.25) is 24.0 Å². The van der Waals surface area contributed by atoms with Gasteiger partial charge in [-0.1, -0.05) is 93.3 Å². The maximum Gasteiger partial charge on any atom is 0.325 e. The number of hydrogen-bond donors (Lipinski definition) is 5. The first-order valence-electron chi connectivity index (χ1n) is 15.1. The highest BCUT2D eigenvalue weighted by Gasteiger charge is 2.35. The van der Waals surface area contributed by atoms with Crippen molar-refractivity contribution in [2.24, 2.45) is 5.92 Å². The Labute approximate surface area is 259 Å². The van der Waals surface area contributed by atoms with Crippen molar-refractivity contribution < 1.29 is 33.8 Å². The minimum atomic E-state index is -1.68. The Balaban J connectivity index is 1.67. The van der Waals surface area contributed by atoms with Crippen LogP contribution in [0.4, 0.5) is 4.79 Å². The van der Waals surface area contributed by atoms with Crippen LogP contribution in [-0.4, -0.2) is 67.2 Å². The molecule has 2 unspecified atom stereocenters. The Hall–Kier alpha value is -4.19. The van der Waals surface area contributed by atoms with E-state index >= 15 is 0 Å². The number of amides is 4. The van der Waals surface area contributed by atoms with Crippen molar-refractivity contribution >= 4 is 37.3 Å². The second kappa shape index (κ2) is 17.8. The summed E-state index contributed by atoms with van der Waals surface area (Å²) in [5.41, 5.74) is 1.25. The summed E-state index contributed by atoms with van der Waals surface area (Å²) in [7, 11) is 5.38. The van der Waals surface area contributed by atoms with Crippen LogP contribution in [0.25, 0.3) is 0 Å². The summed E-state index contributed by atoms with van der Waals surface area (Å²) in [5.74, 6) is -3.72. The zero-order valence-corrected chi connectivity index (χ0v) is 25.0. The number of rotatable bonds is 15. The molecule has 0 saturated heterocycles. The van der Waals surface area contributed by atoms with Crippen LogP contribution in [0.5, 0.6) is 0 Å². The van der Waals surface area contributed by atoms with Gasteiger partial charge >= 0.3 is 5.97 Å². The molecule has 3 rings (SSSR count). The normalized spacial score (nSPS) is 16.0. The Morgan fingerprint density at radius 3 is 2.11 bits per heavy atom. The number of carbonyl (C=O) groups is 5. The number of hydrogen-bond acceptors (Lipinski definition) is 7. The van der Waals surface area contributed by atoms with Crippen molar-refractivity contribution in [3.8, 4) is 0 Å². The Morgan fingerprint density at radius 2 is 1.50 bits per heavy atom. The molecule has 4 amide bonds. The third kappa shape index (κ3) is 10.8. The maximum absolute atomic E-state index is 13.6. The van der Waals surface area contributed by atoms with Gasteiger partial charge in [-0.05, 0) is 36.3 Å². The lowest BCUT2D eigenvalue weighted by Crippen LogP contribution is -2.56. The molecule has 11 nitrogen and oxygen atoms in total. The molecular weight excluding hydrogens is 563 g/mol. The van der Waals surface area contributed by atoms with Crippen LogP contribution in [0.1, 0.15) is 69.0 Å². The van der Waals surface area contributed by atoms with Crippen molar-refractivity contribution in [2.45, 2.75) is 82.7 Å². The lowest BCUT2D eigenvalue weighted by atomic mass is 9.83. The molecular formula is C32H41BN4O7. The average Bonchev–Trinajstić information content (AvgIpc) is 3.04. The van der Waals surface area contributed by atoms with Crippen molar-refractivity contribution in [3.63, 3.8) is 0 Å². The van der Waals surface area contributed by atoms with Gasteiger partial charge in [0.2, 0.25) is 19.7 Å². The molecule has 0 bridgehead atoms. The highest BCUT2D eigenvalue weighted by Crippen LogP contribution is 2.27. The fourth-order valence-electron chi connectivity index (χ4n) is 5.32. The molecule has 0 heterocycles. The van der Waals surface area contributed by atoms with E-state index in [2.05, 4.69) is 21.3 Å². The Bertz CT molecular complexity index is 1240. The van der Waals surface area contributed by atoms with Gasteiger partial charge < -0.3 is 31.1 Å². The van der Waals surface area contributed by atoms with Gasteiger partial charge in [-0.25, -0.2) is 0 Å². The summed E-state index contributed by atoms with van der Waals surface area (Å²) < 4.78 is 5.16. The molecule has 1 aliphatic rings. The van der Waals surface area contributed by atoms with E-state index in [1.54, 1.807) is 42.5 Å². The van der Waals surface area contributed by atoms with Gasteiger partial charge in [-0.2, -0.15) is 0 Å². The third-order valence-corrected chi connectivity index (χ3v) is 7.61. The SMILES string of the molecule is [B]C(=O)N[C@H](C(=O)N[C@H](C(=O)NC(CCC)C(O)C(=O)NCC(=O)OCc1ccccc1)c1ccccc1)C1CCCCC1. The quantitative estimate of drug-likeness (QED) is 0.154. The summed E-state index contributed by atoms with van der Waals surface area (Å²) in [6, 6.07) is 14.4. The van der Waals surface area contributed by atoms with Crippen LogP contribution >= 0.6 is 0 Å². The van der Waals surface area contributed by atoms with Gasteiger partial charge in [-0.15, -0.1) is 0 Å². The number of benzene rings is 2. The fourth-order valence-corrected chi connectivity index (χ4v) is 5.32. The second-order valence-corrected chi connectivity index (χ2v) is 10.9. The van der Waals surface area contributed by atoms with Crippen molar-refractivity contribution in [1.29, 1.82) is 0 Å². The number of esters is 1. The predicted octanol–water partition coefficient (Wildman–Crippen LogP) is 2.18. The minimum Gasteiger partial charge on any atom is -0.460 e. The first kappa shape index (κ1) is 34.3. The van der Waals surface area contributed by atoms with E-state index in [9.17, 15) is 29.1 Å². The van der Waals surface area contributed by atoms with Crippen LogP contribution in [0, 0.1) is 5.92 Å². The van der Waals surface area contributed by atoms with E-state index in [1.807, 2.05) is 25.1 Å². The van der Waals surface area contributed by atoms with Gasteiger partial charge in [0.05, 0.1) is 6.04 Å². The monoisotopic (exact) mass is 604 g/mol. The van der Waals surface area contributed by atoms with E-state index in [1.165, 1.54) is 0 Å². The molecule has 12 heteroatoms. The standard InChI is InChI=1S/C32H41BN4O7/c1-2-12-24(28(39)31(42)34-19-25(38)44-20-21-13-6-3-7-14-21)35-29(40)26(22-15-8-4-9-16-22)36-30(41)27(37-32(33)43)23-17-10-5-11-18-23/h3-4,6-9,13-16,23-24,26-28,39H,2,5,10-12,17-20H2,1H3,(H,34,42)(H,35,40)(H,36,41)(H,37,43)/t24?,26-,27-,28?/m0/s1. The lowest BCUT2D eigenvalue weighted by molar-refractivity contribution is -0.146. The number of carbonyl (C=O) groups excluding carboxylic acids is 5. The van der Waals surface area contributed by atoms with Crippen molar-refractivity contribution in [3.05, 3.63) is 71.8 Å². The molecule has 5 N–H and O–H groups in total. The summed E-state index contributed by atoms with van der Waals surface area (Å²) in [6.45, 7) is 1.40. The highest BCUT2D eigenvalue weighted by molar-refractivity contribution is 6.57. The van der Waals surface area contributed by atoms with Crippen LogP contribution in [0.3, 0.4) is 0 Å². The number of nitrogens with one attached hydrogen (secondary N) is 4. The zero-order valence-electron chi connectivity index (χ0n) is 25.0. The van der Waals surface area contributed by atoms with E-state index in [-0.39, 0.29) is 18.9 Å².